The predicted octanol–water partition coefficient (Wildman–Crippen LogP) is 2.66. The lowest BCUT2D eigenvalue weighted by Crippen LogP contribution is -2.51. The predicted molar refractivity (Wildman–Crippen MR) is 105 cm³/mol. The summed E-state index contributed by atoms with van der Waals surface area (Å²) in [5, 5.41) is 8.28. The number of halogens is 1. The summed E-state index contributed by atoms with van der Waals surface area (Å²) in [4.78, 5) is 16.0. The molecular formula is C19H26ClN5O. The van der Waals surface area contributed by atoms with Crippen molar-refractivity contribution in [3.63, 3.8) is 0 Å². The monoisotopic (exact) mass is 375 g/mol. The number of nitrogens with one attached hydrogen (secondary N) is 1. The number of nitrogens with zero attached hydrogens (tertiary/aromatic N) is 4. The normalized spacial score (nSPS) is 14.6. The number of likely N-dealkylation sites (tertiary alicyclic amines) is 1. The molecule has 0 saturated carbocycles. The average molecular weight is 376 g/mol. The van der Waals surface area contributed by atoms with E-state index < -0.39 is 0 Å². The third kappa shape index (κ3) is 4.37. The van der Waals surface area contributed by atoms with Crippen molar-refractivity contribution >= 4 is 23.2 Å². The second-order valence-corrected chi connectivity index (χ2v) is 7.52. The molecule has 2 aromatic rings. The van der Waals surface area contributed by atoms with Crippen LogP contribution < -0.4 is 5.32 Å². The Bertz CT molecular complexity index is 767. The maximum Gasteiger partial charge on any atom is 0.223 e. The first-order valence-corrected chi connectivity index (χ1v) is 9.26. The van der Waals surface area contributed by atoms with Crippen LogP contribution >= 0.6 is 11.6 Å². The molecule has 1 amide bonds. The number of amides is 1. The van der Waals surface area contributed by atoms with Gasteiger partial charge in [-0.15, -0.1) is 0 Å². The molecule has 7 heteroatoms. The van der Waals surface area contributed by atoms with Crippen molar-refractivity contribution in [1.29, 1.82) is 0 Å². The highest BCUT2D eigenvalue weighted by molar-refractivity contribution is 6.33. The van der Waals surface area contributed by atoms with E-state index in [4.69, 9.17) is 11.6 Å². The number of carbonyl (C=O) groups excluding carboxylic acids is 1. The molecule has 1 N–H and O–H groups in total. The van der Waals surface area contributed by atoms with E-state index in [1.165, 1.54) is 0 Å². The molecule has 1 aliphatic rings. The molecule has 2 heterocycles. The molecule has 1 aromatic carbocycles. The Hall–Kier alpha value is -2.05. The number of hydrogen-bond donors (Lipinski definition) is 1. The Balaban J connectivity index is 1.53. The van der Waals surface area contributed by atoms with Gasteiger partial charge in [0.1, 0.15) is 0 Å². The minimum atomic E-state index is 0.247. The Morgan fingerprint density at radius 3 is 2.81 bits per heavy atom. The first-order chi connectivity index (χ1) is 12.5. The smallest absolute Gasteiger partial charge is 0.223 e. The van der Waals surface area contributed by atoms with Gasteiger partial charge in [-0.25, -0.2) is 0 Å². The summed E-state index contributed by atoms with van der Waals surface area (Å²) >= 11 is 6.14. The van der Waals surface area contributed by atoms with Crippen molar-refractivity contribution < 1.29 is 4.79 Å². The Morgan fingerprint density at radius 2 is 2.12 bits per heavy atom. The van der Waals surface area contributed by atoms with Crippen molar-refractivity contribution in [2.75, 3.05) is 46.1 Å². The Kier molecular flexibility index (Phi) is 5.84. The maximum atomic E-state index is 12.1. The highest BCUT2D eigenvalue weighted by Gasteiger charge is 2.30. The van der Waals surface area contributed by atoms with Gasteiger partial charge in [-0.1, -0.05) is 17.7 Å². The molecule has 0 aliphatic carbocycles. The van der Waals surface area contributed by atoms with Crippen molar-refractivity contribution in [3.05, 3.63) is 35.6 Å². The molecule has 1 aliphatic heterocycles. The summed E-state index contributed by atoms with van der Waals surface area (Å²) in [5.74, 6) is 0.723. The number of benzene rings is 1. The molecule has 1 fully saturated rings. The molecule has 0 bridgehead atoms. The summed E-state index contributed by atoms with van der Waals surface area (Å²) in [6.45, 7) is 3.29. The van der Waals surface area contributed by atoms with Gasteiger partial charge in [0.05, 0.1) is 16.9 Å². The molecule has 1 saturated heterocycles. The molecule has 0 atom stereocenters. The molecule has 3 rings (SSSR count). The van der Waals surface area contributed by atoms with Gasteiger partial charge in [-0.3, -0.25) is 9.48 Å². The van der Waals surface area contributed by atoms with Crippen molar-refractivity contribution in [2.24, 2.45) is 5.92 Å². The fraction of sp³-hybridized carbons (Fsp3) is 0.474. The molecule has 0 unspecified atom stereocenters. The minimum absolute atomic E-state index is 0.247. The summed E-state index contributed by atoms with van der Waals surface area (Å²) in [6, 6.07) is 5.92. The molecule has 140 valence electrons. The molecule has 26 heavy (non-hydrogen) atoms. The van der Waals surface area contributed by atoms with E-state index >= 15 is 0 Å². The van der Waals surface area contributed by atoms with Crippen LogP contribution in [-0.2, 0) is 11.3 Å². The van der Waals surface area contributed by atoms with Crippen LogP contribution in [0.25, 0.3) is 11.1 Å². The molecule has 0 spiro atoms. The first kappa shape index (κ1) is 18.7. The quantitative estimate of drug-likeness (QED) is 0.808. The van der Waals surface area contributed by atoms with E-state index in [-0.39, 0.29) is 5.91 Å². The van der Waals surface area contributed by atoms with Crippen LogP contribution in [0.15, 0.2) is 30.6 Å². The second-order valence-electron chi connectivity index (χ2n) is 7.11. The van der Waals surface area contributed by atoms with Gasteiger partial charge < -0.3 is 15.1 Å². The lowest BCUT2D eigenvalue weighted by Gasteiger charge is -2.39. The summed E-state index contributed by atoms with van der Waals surface area (Å²) in [7, 11) is 5.83. The molecule has 0 radical (unpaired) electrons. The van der Waals surface area contributed by atoms with Gasteiger partial charge in [0, 0.05) is 57.3 Å². The van der Waals surface area contributed by atoms with Crippen LogP contribution in [0, 0.1) is 5.92 Å². The third-order valence-corrected chi connectivity index (χ3v) is 5.06. The highest BCUT2D eigenvalue weighted by Crippen LogP contribution is 2.28. The van der Waals surface area contributed by atoms with E-state index in [0.717, 1.165) is 43.0 Å². The van der Waals surface area contributed by atoms with Gasteiger partial charge in [0.25, 0.3) is 0 Å². The standard InChI is InChI=1S/C19H26ClN5O/c1-21-18-8-15(4-5-17(18)20)16-9-22-25(13-16)12-14-10-24(11-14)19(26)6-7-23(2)3/h4-5,8-9,13-14,21H,6-7,10-12H2,1-3H3. The topological polar surface area (TPSA) is 53.4 Å². The van der Waals surface area contributed by atoms with Crippen LogP contribution in [0.1, 0.15) is 6.42 Å². The Morgan fingerprint density at radius 1 is 1.35 bits per heavy atom. The summed E-state index contributed by atoms with van der Waals surface area (Å²) < 4.78 is 1.97. The zero-order valence-corrected chi connectivity index (χ0v) is 16.3. The van der Waals surface area contributed by atoms with Crippen molar-refractivity contribution in [3.8, 4) is 11.1 Å². The first-order valence-electron chi connectivity index (χ1n) is 8.89. The van der Waals surface area contributed by atoms with Crippen LogP contribution in [0.5, 0.6) is 0 Å². The minimum Gasteiger partial charge on any atom is -0.387 e. The zero-order chi connectivity index (χ0) is 18.7. The van der Waals surface area contributed by atoms with Gasteiger partial charge in [-0.05, 0) is 31.8 Å². The molecule has 1 aromatic heterocycles. The number of hydrogen-bond acceptors (Lipinski definition) is 4. The third-order valence-electron chi connectivity index (χ3n) is 4.73. The molecule has 6 nitrogen and oxygen atoms in total. The van der Waals surface area contributed by atoms with Crippen LogP contribution in [-0.4, -0.2) is 66.3 Å². The zero-order valence-electron chi connectivity index (χ0n) is 15.6. The SMILES string of the molecule is CNc1cc(-c2cnn(CC3CN(C(=O)CCN(C)C)C3)c2)ccc1Cl. The number of aromatic nitrogens is 2. The average Bonchev–Trinajstić information content (AvgIpc) is 3.04. The van der Waals surface area contributed by atoms with E-state index in [0.29, 0.717) is 17.4 Å². The fourth-order valence-electron chi connectivity index (χ4n) is 3.14. The fourth-order valence-corrected chi connectivity index (χ4v) is 3.35. The van der Waals surface area contributed by atoms with Gasteiger partial charge in [-0.2, -0.15) is 5.10 Å². The van der Waals surface area contributed by atoms with Gasteiger partial charge in [0.2, 0.25) is 5.91 Å². The van der Waals surface area contributed by atoms with E-state index in [2.05, 4.69) is 16.6 Å². The summed E-state index contributed by atoms with van der Waals surface area (Å²) in [5.41, 5.74) is 3.05. The lowest BCUT2D eigenvalue weighted by atomic mass is 9.99. The van der Waals surface area contributed by atoms with Crippen LogP contribution in [0.3, 0.4) is 0 Å². The molecular weight excluding hydrogens is 350 g/mol. The van der Waals surface area contributed by atoms with E-state index in [1.807, 2.05) is 60.0 Å². The second kappa shape index (κ2) is 8.10. The van der Waals surface area contributed by atoms with Gasteiger partial charge in [0.15, 0.2) is 0 Å². The number of carbonyl (C=O) groups is 1. The Labute approximate surface area is 159 Å². The largest absolute Gasteiger partial charge is 0.387 e. The van der Waals surface area contributed by atoms with E-state index in [9.17, 15) is 4.79 Å². The number of anilines is 1. The van der Waals surface area contributed by atoms with Crippen molar-refractivity contribution in [2.45, 2.75) is 13.0 Å². The number of rotatable bonds is 7. The van der Waals surface area contributed by atoms with Crippen LogP contribution in [0.4, 0.5) is 5.69 Å². The summed E-state index contributed by atoms with van der Waals surface area (Å²) in [6.07, 6.45) is 4.52. The van der Waals surface area contributed by atoms with Gasteiger partial charge >= 0.3 is 0 Å². The van der Waals surface area contributed by atoms with E-state index in [1.54, 1.807) is 0 Å². The van der Waals surface area contributed by atoms with Crippen LogP contribution in [0.2, 0.25) is 5.02 Å². The van der Waals surface area contributed by atoms with Crippen molar-refractivity contribution in [1.82, 2.24) is 19.6 Å². The maximum absolute atomic E-state index is 12.1. The lowest BCUT2D eigenvalue weighted by molar-refractivity contribution is -0.138. The highest BCUT2D eigenvalue weighted by atomic mass is 35.5.